The van der Waals surface area contributed by atoms with Gasteiger partial charge in [0.2, 0.25) is 11.9 Å². The van der Waals surface area contributed by atoms with Gasteiger partial charge < -0.3 is 14.0 Å². The molecule has 0 bridgehead atoms. The highest BCUT2D eigenvalue weighted by molar-refractivity contribution is 5.92. The van der Waals surface area contributed by atoms with Crippen molar-refractivity contribution in [1.82, 2.24) is 10.1 Å². The Morgan fingerprint density at radius 1 is 1.27 bits per heavy atom. The number of halogens is 3. The first kappa shape index (κ1) is 17.9. The van der Waals surface area contributed by atoms with Crippen molar-refractivity contribution in [2.24, 2.45) is 5.41 Å². The smallest absolute Gasteiger partial charge is 0.462 e. The number of hydrogen-bond donors (Lipinski definition) is 0. The molecule has 0 saturated carbocycles. The molecule has 3 rings (SSSR count). The SMILES string of the molecule is CC1(C)COC(=O)[C@@H]1OC(=O)c1ccc(-c2noc(C(F)(F)F)n2)cc1. The van der Waals surface area contributed by atoms with Crippen LogP contribution in [-0.2, 0) is 20.4 Å². The van der Waals surface area contributed by atoms with Crippen LogP contribution in [0.1, 0.15) is 30.1 Å². The number of aromatic nitrogens is 2. The summed E-state index contributed by atoms with van der Waals surface area (Å²) in [4.78, 5) is 27.1. The zero-order valence-electron chi connectivity index (χ0n) is 13.7. The lowest BCUT2D eigenvalue weighted by molar-refractivity contribution is -0.159. The zero-order valence-corrected chi connectivity index (χ0v) is 13.7. The number of nitrogens with zero attached hydrogens (tertiary/aromatic N) is 2. The second-order valence-corrected chi connectivity index (χ2v) is 6.38. The second kappa shape index (κ2) is 6.11. The highest BCUT2D eigenvalue weighted by Gasteiger charge is 2.46. The van der Waals surface area contributed by atoms with Gasteiger partial charge >= 0.3 is 24.0 Å². The lowest BCUT2D eigenvalue weighted by atomic mass is 9.90. The third kappa shape index (κ3) is 3.39. The van der Waals surface area contributed by atoms with Crippen LogP contribution in [0.2, 0.25) is 0 Å². The fourth-order valence-electron chi connectivity index (χ4n) is 2.32. The van der Waals surface area contributed by atoms with E-state index < -0.39 is 35.5 Å². The minimum atomic E-state index is -4.74. The van der Waals surface area contributed by atoms with Crippen LogP contribution in [0, 0.1) is 5.41 Å². The van der Waals surface area contributed by atoms with E-state index in [0.29, 0.717) is 0 Å². The van der Waals surface area contributed by atoms with Crippen LogP contribution in [0.15, 0.2) is 28.8 Å². The number of benzene rings is 1. The van der Waals surface area contributed by atoms with E-state index >= 15 is 0 Å². The Morgan fingerprint density at radius 2 is 1.92 bits per heavy atom. The highest BCUT2D eigenvalue weighted by atomic mass is 19.4. The Hall–Kier alpha value is -2.91. The quantitative estimate of drug-likeness (QED) is 0.767. The molecule has 0 radical (unpaired) electrons. The topological polar surface area (TPSA) is 91.5 Å². The van der Waals surface area contributed by atoms with E-state index in [4.69, 9.17) is 9.47 Å². The first-order valence-electron chi connectivity index (χ1n) is 7.47. The maximum Gasteiger partial charge on any atom is 0.471 e. The predicted octanol–water partition coefficient (Wildman–Crippen LogP) is 2.86. The predicted molar refractivity (Wildman–Crippen MR) is 78.7 cm³/mol. The largest absolute Gasteiger partial charge is 0.471 e. The Labute approximate surface area is 145 Å². The van der Waals surface area contributed by atoms with Crippen molar-refractivity contribution in [3.63, 3.8) is 0 Å². The van der Waals surface area contributed by atoms with Crippen molar-refractivity contribution >= 4 is 11.9 Å². The standard InChI is InChI=1S/C16H13F3N2O5/c1-15(2)7-24-13(23)10(15)25-12(22)9-5-3-8(4-6-9)11-20-14(26-21-11)16(17,18)19/h3-6,10H,7H2,1-2H3/t10-/m0/s1. The van der Waals surface area contributed by atoms with Gasteiger partial charge in [0.25, 0.3) is 0 Å². The maximum atomic E-state index is 12.5. The summed E-state index contributed by atoms with van der Waals surface area (Å²) < 4.78 is 51.7. The van der Waals surface area contributed by atoms with Crippen molar-refractivity contribution in [3.8, 4) is 11.4 Å². The van der Waals surface area contributed by atoms with Crippen LogP contribution < -0.4 is 0 Å². The van der Waals surface area contributed by atoms with Crippen molar-refractivity contribution < 1.29 is 36.8 Å². The number of alkyl halides is 3. The molecule has 1 aliphatic rings. The molecular formula is C16H13F3N2O5. The minimum Gasteiger partial charge on any atom is -0.462 e. The molecule has 7 nitrogen and oxygen atoms in total. The Kier molecular flexibility index (Phi) is 4.21. The molecular weight excluding hydrogens is 357 g/mol. The molecule has 26 heavy (non-hydrogen) atoms. The third-order valence-corrected chi connectivity index (χ3v) is 3.78. The van der Waals surface area contributed by atoms with Gasteiger partial charge in [0, 0.05) is 11.0 Å². The van der Waals surface area contributed by atoms with Gasteiger partial charge in [-0.2, -0.15) is 18.2 Å². The normalized spacial score (nSPS) is 19.3. The molecule has 2 heterocycles. The third-order valence-electron chi connectivity index (χ3n) is 3.78. The van der Waals surface area contributed by atoms with E-state index in [1.807, 2.05) is 0 Å². The van der Waals surface area contributed by atoms with Crippen molar-refractivity contribution in [2.45, 2.75) is 26.1 Å². The molecule has 1 aliphatic heterocycles. The summed E-state index contributed by atoms with van der Waals surface area (Å²) in [5, 5.41) is 3.26. The van der Waals surface area contributed by atoms with E-state index in [-0.39, 0.29) is 23.6 Å². The van der Waals surface area contributed by atoms with E-state index in [9.17, 15) is 22.8 Å². The number of ether oxygens (including phenoxy) is 2. The Balaban J connectivity index is 1.74. The van der Waals surface area contributed by atoms with E-state index in [2.05, 4.69) is 14.7 Å². The fourth-order valence-corrected chi connectivity index (χ4v) is 2.32. The minimum absolute atomic E-state index is 0.115. The molecule has 1 saturated heterocycles. The van der Waals surface area contributed by atoms with Crippen LogP contribution in [0.3, 0.4) is 0 Å². The molecule has 0 unspecified atom stereocenters. The van der Waals surface area contributed by atoms with E-state index in [0.717, 1.165) is 0 Å². The van der Waals surface area contributed by atoms with Crippen LogP contribution in [0.5, 0.6) is 0 Å². The number of rotatable bonds is 3. The summed E-state index contributed by atoms with van der Waals surface area (Å²) >= 11 is 0. The average Bonchev–Trinajstić information content (AvgIpc) is 3.16. The first-order valence-corrected chi connectivity index (χ1v) is 7.47. The highest BCUT2D eigenvalue weighted by Crippen LogP contribution is 2.32. The lowest BCUT2D eigenvalue weighted by Gasteiger charge is -2.21. The lowest BCUT2D eigenvalue weighted by Crippen LogP contribution is -2.34. The summed E-state index contributed by atoms with van der Waals surface area (Å²) in [6.45, 7) is 3.60. The number of hydrogen-bond acceptors (Lipinski definition) is 7. The van der Waals surface area contributed by atoms with Crippen molar-refractivity contribution in [2.75, 3.05) is 6.61 Å². The number of carbonyl (C=O) groups is 2. The van der Waals surface area contributed by atoms with Crippen LogP contribution in [0.25, 0.3) is 11.4 Å². The molecule has 0 N–H and O–H groups in total. The van der Waals surface area contributed by atoms with Gasteiger partial charge in [-0.15, -0.1) is 0 Å². The van der Waals surface area contributed by atoms with Gasteiger partial charge in [-0.3, -0.25) is 0 Å². The molecule has 1 aromatic heterocycles. The maximum absolute atomic E-state index is 12.5. The molecule has 2 aromatic rings. The van der Waals surface area contributed by atoms with Crippen LogP contribution >= 0.6 is 0 Å². The molecule has 10 heteroatoms. The Bertz CT molecular complexity index is 842. The van der Waals surface area contributed by atoms with Gasteiger partial charge in [0.05, 0.1) is 5.56 Å². The van der Waals surface area contributed by atoms with Crippen molar-refractivity contribution in [1.29, 1.82) is 0 Å². The molecule has 1 fully saturated rings. The van der Waals surface area contributed by atoms with E-state index in [1.54, 1.807) is 13.8 Å². The number of carbonyl (C=O) groups excluding carboxylic acids is 2. The molecule has 0 aliphatic carbocycles. The number of esters is 2. The van der Waals surface area contributed by atoms with Crippen LogP contribution in [-0.4, -0.2) is 34.8 Å². The number of cyclic esters (lactones) is 1. The van der Waals surface area contributed by atoms with Gasteiger partial charge in [-0.05, 0) is 12.1 Å². The average molecular weight is 370 g/mol. The summed E-state index contributed by atoms with van der Waals surface area (Å²) in [6.07, 6.45) is -5.77. The summed E-state index contributed by atoms with van der Waals surface area (Å²) in [5.74, 6) is -3.10. The molecule has 0 amide bonds. The second-order valence-electron chi connectivity index (χ2n) is 6.38. The van der Waals surface area contributed by atoms with Gasteiger partial charge in [0.15, 0.2) is 0 Å². The summed E-state index contributed by atoms with van der Waals surface area (Å²) in [6, 6.07) is 5.35. The molecule has 0 spiro atoms. The van der Waals surface area contributed by atoms with Crippen molar-refractivity contribution in [3.05, 3.63) is 35.7 Å². The zero-order chi connectivity index (χ0) is 19.1. The van der Waals surface area contributed by atoms with Gasteiger partial charge in [0.1, 0.15) is 6.61 Å². The monoisotopic (exact) mass is 370 g/mol. The summed E-state index contributed by atoms with van der Waals surface area (Å²) in [5.41, 5.74) is -0.309. The van der Waals surface area contributed by atoms with Gasteiger partial charge in [-0.25, -0.2) is 9.59 Å². The molecule has 1 aromatic carbocycles. The van der Waals surface area contributed by atoms with E-state index in [1.165, 1.54) is 24.3 Å². The first-order chi connectivity index (χ1) is 12.1. The fraction of sp³-hybridized carbons (Fsp3) is 0.375. The summed E-state index contributed by atoms with van der Waals surface area (Å²) in [7, 11) is 0. The molecule has 1 atom stereocenters. The Morgan fingerprint density at radius 3 is 2.42 bits per heavy atom. The van der Waals surface area contributed by atoms with Gasteiger partial charge in [-0.1, -0.05) is 31.1 Å². The van der Waals surface area contributed by atoms with Crippen LogP contribution in [0.4, 0.5) is 13.2 Å². The molecule has 138 valence electrons.